The fourth-order valence-electron chi connectivity index (χ4n) is 2.24. The molecule has 1 aromatic carbocycles. The Bertz CT molecular complexity index is 356. The van der Waals surface area contributed by atoms with E-state index in [4.69, 9.17) is 0 Å². The summed E-state index contributed by atoms with van der Waals surface area (Å²) in [4.78, 5) is 22.7. The number of hydrogen-bond donors (Lipinski definition) is 0. The molecule has 1 aromatic rings. The molecule has 1 fully saturated rings. The van der Waals surface area contributed by atoms with Gasteiger partial charge in [-0.1, -0.05) is 36.8 Å². The molecule has 2 heteroatoms. The summed E-state index contributed by atoms with van der Waals surface area (Å²) in [5.74, 6) is -0.332. The zero-order valence-electron chi connectivity index (χ0n) is 8.56. The maximum Gasteiger partial charge on any atom is 0.150 e. The number of hydrogen-bond acceptors (Lipinski definition) is 2. The third-order valence-corrected chi connectivity index (χ3v) is 3.08. The number of Topliss-reactive ketones (excluding diaryl/α,β-unsaturated/α-hetero) is 1. The molecule has 1 aliphatic rings. The van der Waals surface area contributed by atoms with Crippen molar-refractivity contribution in [2.75, 3.05) is 0 Å². The Hall–Kier alpha value is -1.44. The molecule has 0 radical (unpaired) electrons. The Labute approximate surface area is 89.3 Å². The Balaban J connectivity index is 2.22. The highest BCUT2D eigenvalue weighted by molar-refractivity contribution is 5.98. The lowest BCUT2D eigenvalue weighted by atomic mass is 9.77. The summed E-state index contributed by atoms with van der Waals surface area (Å²) in [5, 5.41) is 0. The van der Waals surface area contributed by atoms with Crippen LogP contribution in [0.5, 0.6) is 0 Å². The van der Waals surface area contributed by atoms with E-state index in [1.165, 1.54) is 0 Å². The Morgan fingerprint density at radius 2 is 1.87 bits per heavy atom. The molecule has 2 nitrogen and oxygen atoms in total. The second kappa shape index (κ2) is 4.39. The molecule has 0 heterocycles. The molecule has 0 amide bonds. The van der Waals surface area contributed by atoms with E-state index < -0.39 is 0 Å². The molecule has 0 aromatic heterocycles. The van der Waals surface area contributed by atoms with Crippen LogP contribution < -0.4 is 0 Å². The molecule has 0 aliphatic heterocycles. The molecular formula is C13H14O2. The first-order valence-corrected chi connectivity index (χ1v) is 5.37. The normalized spacial score (nSPS) is 26.3. The SMILES string of the molecule is O=CC1CCCC(c2ccccc2)C1=O. The van der Waals surface area contributed by atoms with Crippen molar-refractivity contribution in [2.45, 2.75) is 25.2 Å². The number of aldehydes is 1. The van der Waals surface area contributed by atoms with Gasteiger partial charge in [-0.3, -0.25) is 4.79 Å². The van der Waals surface area contributed by atoms with Gasteiger partial charge in [0, 0.05) is 5.92 Å². The van der Waals surface area contributed by atoms with E-state index in [0.29, 0.717) is 0 Å². The van der Waals surface area contributed by atoms with Crippen LogP contribution in [0.3, 0.4) is 0 Å². The van der Waals surface area contributed by atoms with Crippen molar-refractivity contribution in [1.29, 1.82) is 0 Å². The summed E-state index contributed by atoms with van der Waals surface area (Å²) >= 11 is 0. The van der Waals surface area contributed by atoms with Crippen molar-refractivity contribution in [1.82, 2.24) is 0 Å². The van der Waals surface area contributed by atoms with Gasteiger partial charge in [-0.25, -0.2) is 0 Å². The molecule has 0 bridgehead atoms. The molecule has 1 saturated carbocycles. The molecule has 78 valence electrons. The predicted molar refractivity (Wildman–Crippen MR) is 57.6 cm³/mol. The largest absolute Gasteiger partial charge is 0.303 e. The van der Waals surface area contributed by atoms with Crippen LogP contribution in [0, 0.1) is 5.92 Å². The van der Waals surface area contributed by atoms with Crippen molar-refractivity contribution < 1.29 is 9.59 Å². The van der Waals surface area contributed by atoms with Crippen LogP contribution in [0.25, 0.3) is 0 Å². The van der Waals surface area contributed by atoms with Gasteiger partial charge in [0.05, 0.1) is 5.92 Å². The van der Waals surface area contributed by atoms with Gasteiger partial charge >= 0.3 is 0 Å². The fraction of sp³-hybridized carbons (Fsp3) is 0.385. The van der Waals surface area contributed by atoms with E-state index in [-0.39, 0.29) is 17.6 Å². The first kappa shape index (κ1) is 10.1. The average molecular weight is 202 g/mol. The van der Waals surface area contributed by atoms with E-state index in [2.05, 4.69) is 0 Å². The van der Waals surface area contributed by atoms with Crippen LogP contribution in [-0.2, 0) is 9.59 Å². The maximum atomic E-state index is 11.9. The van der Waals surface area contributed by atoms with E-state index in [1.54, 1.807) is 0 Å². The third-order valence-electron chi connectivity index (χ3n) is 3.08. The monoisotopic (exact) mass is 202 g/mol. The molecule has 1 aliphatic carbocycles. The van der Waals surface area contributed by atoms with Gasteiger partial charge in [-0.2, -0.15) is 0 Å². The first-order valence-electron chi connectivity index (χ1n) is 5.37. The molecule has 2 rings (SSSR count). The molecule has 15 heavy (non-hydrogen) atoms. The minimum atomic E-state index is -0.371. The van der Waals surface area contributed by atoms with Gasteiger partial charge in [0.15, 0.2) is 0 Å². The highest BCUT2D eigenvalue weighted by atomic mass is 16.1. The van der Waals surface area contributed by atoms with Gasteiger partial charge in [0.2, 0.25) is 0 Å². The lowest BCUT2D eigenvalue weighted by Crippen LogP contribution is -2.27. The summed E-state index contributed by atoms with van der Waals surface area (Å²) in [6.45, 7) is 0. The van der Waals surface area contributed by atoms with Crippen molar-refractivity contribution in [3.05, 3.63) is 35.9 Å². The summed E-state index contributed by atoms with van der Waals surface area (Å²) < 4.78 is 0. The second-order valence-electron chi connectivity index (χ2n) is 4.04. The molecule has 2 atom stereocenters. The van der Waals surface area contributed by atoms with Crippen molar-refractivity contribution >= 4 is 12.1 Å². The minimum absolute atomic E-state index is 0.0600. The summed E-state index contributed by atoms with van der Waals surface area (Å²) in [5.41, 5.74) is 1.05. The number of ketones is 1. The van der Waals surface area contributed by atoms with Crippen LogP contribution in [0.15, 0.2) is 30.3 Å². The molecule has 0 spiro atoms. The third kappa shape index (κ3) is 1.99. The molecule has 0 N–H and O–H groups in total. The van der Waals surface area contributed by atoms with Crippen LogP contribution in [0.1, 0.15) is 30.7 Å². The zero-order chi connectivity index (χ0) is 10.7. The zero-order valence-corrected chi connectivity index (χ0v) is 8.56. The van der Waals surface area contributed by atoms with Crippen LogP contribution >= 0.6 is 0 Å². The average Bonchev–Trinajstić information content (AvgIpc) is 2.30. The molecular weight excluding hydrogens is 188 g/mol. The van der Waals surface area contributed by atoms with E-state index in [0.717, 1.165) is 31.1 Å². The van der Waals surface area contributed by atoms with Gasteiger partial charge in [0.1, 0.15) is 12.1 Å². The minimum Gasteiger partial charge on any atom is -0.303 e. The Morgan fingerprint density at radius 3 is 2.53 bits per heavy atom. The van der Waals surface area contributed by atoms with Gasteiger partial charge < -0.3 is 4.79 Å². The quantitative estimate of drug-likeness (QED) is 0.545. The smallest absolute Gasteiger partial charge is 0.150 e. The second-order valence-corrected chi connectivity index (χ2v) is 4.04. The molecule has 2 unspecified atom stereocenters. The summed E-state index contributed by atoms with van der Waals surface area (Å²) in [7, 11) is 0. The fourth-order valence-corrected chi connectivity index (χ4v) is 2.24. The maximum absolute atomic E-state index is 11.9. The van der Waals surface area contributed by atoms with Crippen molar-refractivity contribution in [3.63, 3.8) is 0 Å². The van der Waals surface area contributed by atoms with Gasteiger partial charge in [-0.05, 0) is 18.4 Å². The lowest BCUT2D eigenvalue weighted by Gasteiger charge is -2.24. The predicted octanol–water partition coefficient (Wildman–Crippen LogP) is 2.34. The standard InChI is InChI=1S/C13H14O2/c14-9-11-7-4-8-12(13(11)15)10-5-2-1-3-6-10/h1-3,5-6,9,11-12H,4,7-8H2. The van der Waals surface area contributed by atoms with E-state index in [9.17, 15) is 9.59 Å². The van der Waals surface area contributed by atoms with Crippen molar-refractivity contribution in [2.24, 2.45) is 5.92 Å². The number of benzene rings is 1. The molecule has 0 saturated heterocycles. The number of rotatable bonds is 2. The van der Waals surface area contributed by atoms with Crippen molar-refractivity contribution in [3.8, 4) is 0 Å². The highest BCUT2D eigenvalue weighted by Crippen LogP contribution is 2.32. The topological polar surface area (TPSA) is 34.1 Å². The van der Waals surface area contributed by atoms with Gasteiger partial charge in [-0.15, -0.1) is 0 Å². The van der Waals surface area contributed by atoms with Crippen LogP contribution in [-0.4, -0.2) is 12.1 Å². The summed E-state index contributed by atoms with van der Waals surface area (Å²) in [6, 6.07) is 9.75. The van der Waals surface area contributed by atoms with Gasteiger partial charge in [0.25, 0.3) is 0 Å². The van der Waals surface area contributed by atoms with E-state index in [1.807, 2.05) is 30.3 Å². The summed E-state index contributed by atoms with van der Waals surface area (Å²) in [6.07, 6.45) is 3.38. The number of carbonyl (C=O) groups is 2. The Kier molecular flexibility index (Phi) is 2.95. The van der Waals surface area contributed by atoms with E-state index >= 15 is 0 Å². The first-order chi connectivity index (χ1) is 7.33. The van der Waals surface area contributed by atoms with Crippen LogP contribution in [0.2, 0.25) is 0 Å². The Morgan fingerprint density at radius 1 is 1.13 bits per heavy atom. The highest BCUT2D eigenvalue weighted by Gasteiger charge is 2.31. The van der Waals surface area contributed by atoms with Crippen LogP contribution in [0.4, 0.5) is 0 Å². The lowest BCUT2D eigenvalue weighted by molar-refractivity contribution is -0.130. The number of carbonyl (C=O) groups excluding carboxylic acids is 2.